The second-order valence-electron chi connectivity index (χ2n) is 8.36. The van der Waals surface area contributed by atoms with Crippen LogP contribution in [0.15, 0.2) is 60.7 Å². The summed E-state index contributed by atoms with van der Waals surface area (Å²) in [7, 11) is -3.36. The third-order valence-electron chi connectivity index (χ3n) is 5.09. The molecule has 146 valence electrons. The minimum Gasteiger partial charge on any atom is -0.281 e. The first-order valence-electron chi connectivity index (χ1n) is 9.21. The molecule has 5 nitrogen and oxygen atoms in total. The van der Waals surface area contributed by atoms with E-state index in [4.69, 9.17) is 4.62 Å². The van der Waals surface area contributed by atoms with Gasteiger partial charge in [-0.2, -0.15) is 5.06 Å². The maximum atomic E-state index is 14.3. The van der Waals surface area contributed by atoms with Crippen molar-refractivity contribution < 1.29 is 19.3 Å². The van der Waals surface area contributed by atoms with Crippen LogP contribution >= 0.6 is 7.37 Å². The Morgan fingerprint density at radius 3 is 1.67 bits per heavy atom. The minimum atomic E-state index is -3.36. The summed E-state index contributed by atoms with van der Waals surface area (Å²) in [5.74, 6) is 0. The molecule has 0 amide bonds. The van der Waals surface area contributed by atoms with Crippen molar-refractivity contribution in [1.82, 2.24) is 5.06 Å². The molecule has 1 N–H and O–H groups in total. The van der Waals surface area contributed by atoms with Gasteiger partial charge in [-0.25, -0.2) is 9.51 Å². The fourth-order valence-electron chi connectivity index (χ4n) is 4.07. The lowest BCUT2D eigenvalue weighted by molar-refractivity contribution is -0.322. The van der Waals surface area contributed by atoms with Crippen molar-refractivity contribution in [3.63, 3.8) is 0 Å². The first kappa shape index (κ1) is 20.2. The second-order valence-corrected chi connectivity index (χ2v) is 10.7. The SMILES string of the molecule is CC1(C)CC(OO)CC(C)(C)N1OP(=O)(c1ccccc1)c1ccccc1. The highest BCUT2D eigenvalue weighted by molar-refractivity contribution is 7.74. The molecule has 0 aromatic heterocycles. The van der Waals surface area contributed by atoms with E-state index in [0.29, 0.717) is 23.5 Å². The molecule has 1 aliphatic heterocycles. The van der Waals surface area contributed by atoms with Gasteiger partial charge in [-0.15, -0.1) is 0 Å². The van der Waals surface area contributed by atoms with Crippen molar-refractivity contribution in [3.8, 4) is 0 Å². The van der Waals surface area contributed by atoms with Gasteiger partial charge in [-0.05, 0) is 64.8 Å². The first-order valence-corrected chi connectivity index (χ1v) is 10.8. The standard InChI is InChI=1S/C21H28NO4P/c1-20(2)15-17(25-23)16-21(3,4)22(20)26-27(24,18-11-7-5-8-12-18)19-13-9-6-10-14-19/h5-14,17,23H,15-16H2,1-4H3. The van der Waals surface area contributed by atoms with Crippen LogP contribution in [0.4, 0.5) is 0 Å². The smallest absolute Gasteiger partial charge is 0.277 e. The molecule has 2 aromatic rings. The number of hydroxylamine groups is 2. The van der Waals surface area contributed by atoms with Crippen LogP contribution in [0.25, 0.3) is 0 Å². The summed E-state index contributed by atoms with van der Waals surface area (Å²) in [6.07, 6.45) is 0.843. The van der Waals surface area contributed by atoms with Gasteiger partial charge in [0, 0.05) is 21.7 Å². The Kier molecular flexibility index (Phi) is 5.62. The van der Waals surface area contributed by atoms with Crippen LogP contribution in [-0.4, -0.2) is 27.5 Å². The van der Waals surface area contributed by atoms with Gasteiger partial charge in [0.1, 0.15) is 0 Å². The lowest BCUT2D eigenvalue weighted by atomic mass is 9.80. The van der Waals surface area contributed by atoms with Gasteiger partial charge in [0.25, 0.3) is 7.37 Å². The molecule has 6 heteroatoms. The summed E-state index contributed by atoms with van der Waals surface area (Å²) in [4.78, 5) is 4.66. The molecule has 3 rings (SSSR count). The van der Waals surface area contributed by atoms with Crippen LogP contribution in [0.3, 0.4) is 0 Å². The average Bonchev–Trinajstić information content (AvgIpc) is 2.65. The van der Waals surface area contributed by atoms with Gasteiger partial charge in [0.15, 0.2) is 0 Å². The summed E-state index contributed by atoms with van der Waals surface area (Å²) in [5, 5.41) is 12.4. The van der Waals surface area contributed by atoms with Crippen molar-refractivity contribution in [1.29, 1.82) is 0 Å². The zero-order valence-corrected chi connectivity index (χ0v) is 17.2. The van der Waals surface area contributed by atoms with E-state index in [9.17, 15) is 9.82 Å². The van der Waals surface area contributed by atoms with Crippen molar-refractivity contribution in [3.05, 3.63) is 60.7 Å². The van der Waals surface area contributed by atoms with Gasteiger partial charge < -0.3 is 0 Å². The largest absolute Gasteiger partial charge is 0.281 e. The Hall–Kier alpha value is -1.49. The monoisotopic (exact) mass is 389 g/mol. The quantitative estimate of drug-likeness (QED) is 0.468. The predicted octanol–water partition coefficient (Wildman–Crippen LogP) is 4.36. The van der Waals surface area contributed by atoms with Crippen LogP contribution in [0.2, 0.25) is 0 Å². The summed E-state index contributed by atoms with van der Waals surface area (Å²) < 4.78 is 20.7. The van der Waals surface area contributed by atoms with Gasteiger partial charge in [-0.3, -0.25) is 9.82 Å². The van der Waals surface area contributed by atoms with E-state index < -0.39 is 18.4 Å². The zero-order valence-electron chi connectivity index (χ0n) is 16.3. The molecule has 1 heterocycles. The highest BCUT2D eigenvalue weighted by Crippen LogP contribution is 2.51. The van der Waals surface area contributed by atoms with Crippen LogP contribution in [0.1, 0.15) is 40.5 Å². The molecule has 0 atom stereocenters. The number of hydrogen-bond acceptors (Lipinski definition) is 5. The number of nitrogens with zero attached hydrogens (tertiary/aromatic N) is 1. The van der Waals surface area contributed by atoms with Crippen LogP contribution in [0, 0.1) is 0 Å². The minimum absolute atomic E-state index is 0.289. The number of benzene rings is 2. The Morgan fingerprint density at radius 1 is 0.889 bits per heavy atom. The number of rotatable bonds is 5. The second kappa shape index (κ2) is 7.50. The zero-order chi connectivity index (χ0) is 19.7. The maximum Gasteiger partial charge on any atom is 0.277 e. The van der Waals surface area contributed by atoms with Crippen LogP contribution in [0.5, 0.6) is 0 Å². The van der Waals surface area contributed by atoms with Crippen molar-refractivity contribution in [2.45, 2.75) is 57.7 Å². The molecular formula is C21H28NO4P. The Morgan fingerprint density at radius 2 is 1.30 bits per heavy atom. The normalized spacial score (nSPS) is 20.5. The van der Waals surface area contributed by atoms with Crippen LogP contribution in [-0.2, 0) is 14.1 Å². The summed E-state index contributed by atoms with van der Waals surface area (Å²) >= 11 is 0. The molecule has 27 heavy (non-hydrogen) atoms. The lowest BCUT2D eigenvalue weighted by Crippen LogP contribution is -2.61. The van der Waals surface area contributed by atoms with E-state index in [-0.39, 0.29) is 6.10 Å². The van der Waals surface area contributed by atoms with Gasteiger partial charge >= 0.3 is 0 Å². The highest BCUT2D eigenvalue weighted by Gasteiger charge is 2.50. The Labute approximate surface area is 161 Å². The van der Waals surface area contributed by atoms with E-state index in [1.807, 2.05) is 93.4 Å². The van der Waals surface area contributed by atoms with E-state index in [0.717, 1.165) is 0 Å². The van der Waals surface area contributed by atoms with Gasteiger partial charge in [-0.1, -0.05) is 36.4 Å². The van der Waals surface area contributed by atoms with Crippen molar-refractivity contribution in [2.24, 2.45) is 0 Å². The molecule has 1 aliphatic rings. The molecule has 0 spiro atoms. The maximum absolute atomic E-state index is 14.3. The molecule has 0 saturated carbocycles. The third-order valence-corrected chi connectivity index (χ3v) is 7.44. The van der Waals surface area contributed by atoms with Crippen LogP contribution < -0.4 is 10.6 Å². The fraction of sp³-hybridized carbons (Fsp3) is 0.429. The Bertz CT molecular complexity index is 746. The summed E-state index contributed by atoms with van der Waals surface area (Å²) in [6.45, 7) is 8.06. The Balaban J connectivity index is 2.06. The topological polar surface area (TPSA) is 59.0 Å². The molecule has 0 bridgehead atoms. The molecule has 0 aliphatic carbocycles. The summed E-state index contributed by atoms with van der Waals surface area (Å²) in [6, 6.07) is 18.7. The average molecular weight is 389 g/mol. The van der Waals surface area contributed by atoms with E-state index in [2.05, 4.69) is 4.89 Å². The summed E-state index contributed by atoms with van der Waals surface area (Å²) in [5.41, 5.74) is -0.956. The van der Waals surface area contributed by atoms with Crippen molar-refractivity contribution in [2.75, 3.05) is 0 Å². The highest BCUT2D eigenvalue weighted by atomic mass is 31.2. The first-order chi connectivity index (χ1) is 12.7. The molecular weight excluding hydrogens is 361 g/mol. The number of piperidine rings is 1. The molecule has 1 fully saturated rings. The van der Waals surface area contributed by atoms with E-state index in [1.54, 1.807) is 0 Å². The van der Waals surface area contributed by atoms with E-state index >= 15 is 0 Å². The molecule has 2 aromatic carbocycles. The predicted molar refractivity (Wildman–Crippen MR) is 108 cm³/mol. The molecule has 0 radical (unpaired) electrons. The van der Waals surface area contributed by atoms with Crippen molar-refractivity contribution >= 4 is 18.0 Å². The molecule has 1 saturated heterocycles. The van der Waals surface area contributed by atoms with Gasteiger partial charge in [0.05, 0.1) is 6.10 Å². The molecule has 0 unspecified atom stereocenters. The van der Waals surface area contributed by atoms with E-state index in [1.165, 1.54) is 0 Å². The number of hydrogen-bond donors (Lipinski definition) is 1. The fourth-order valence-corrected chi connectivity index (χ4v) is 6.36. The third kappa shape index (κ3) is 4.03. The lowest BCUT2D eigenvalue weighted by Gasteiger charge is -2.53. The van der Waals surface area contributed by atoms with Gasteiger partial charge in [0.2, 0.25) is 0 Å².